The molecule has 0 atom stereocenters. The van der Waals surface area contributed by atoms with E-state index in [0.29, 0.717) is 0 Å². The molecule has 0 fully saturated rings. The van der Waals surface area contributed by atoms with Crippen molar-refractivity contribution in [2.45, 2.75) is 6.92 Å². The van der Waals surface area contributed by atoms with Crippen LogP contribution in [0.2, 0.25) is 0 Å². The second kappa shape index (κ2) is 5.52. The first-order chi connectivity index (χ1) is 11.3. The summed E-state index contributed by atoms with van der Waals surface area (Å²) >= 11 is 1.81. The van der Waals surface area contributed by atoms with Crippen molar-refractivity contribution in [2.75, 3.05) is 5.32 Å². The Labute approximate surface area is 138 Å². The Balaban J connectivity index is 1.99. The molecule has 4 aromatic rings. The van der Waals surface area contributed by atoms with Crippen molar-refractivity contribution in [3.05, 3.63) is 66.2 Å². The van der Waals surface area contributed by atoms with Gasteiger partial charge in [-0.1, -0.05) is 36.4 Å². The van der Waals surface area contributed by atoms with E-state index in [1.807, 2.05) is 35.6 Å². The molecule has 0 bridgehead atoms. The van der Waals surface area contributed by atoms with Gasteiger partial charge in [0.2, 0.25) is 6.41 Å². The van der Waals surface area contributed by atoms with Gasteiger partial charge < -0.3 is 5.32 Å². The SMILES string of the molecule is Cc1cc2c(cc1-c1ccccc1NC=O)sc1ccccc12. The number of thiophene rings is 1. The van der Waals surface area contributed by atoms with Gasteiger partial charge in [0, 0.05) is 31.4 Å². The largest absolute Gasteiger partial charge is 0.328 e. The molecule has 0 aliphatic heterocycles. The van der Waals surface area contributed by atoms with Crippen LogP contribution in [0.1, 0.15) is 5.56 Å². The van der Waals surface area contributed by atoms with E-state index < -0.39 is 0 Å². The van der Waals surface area contributed by atoms with Crippen molar-refractivity contribution in [1.82, 2.24) is 0 Å². The van der Waals surface area contributed by atoms with Gasteiger partial charge in [-0.3, -0.25) is 4.79 Å². The van der Waals surface area contributed by atoms with Crippen LogP contribution in [0.15, 0.2) is 60.7 Å². The maximum atomic E-state index is 10.9. The van der Waals surface area contributed by atoms with E-state index in [-0.39, 0.29) is 0 Å². The summed E-state index contributed by atoms with van der Waals surface area (Å²) in [6.45, 7) is 2.12. The molecule has 0 aliphatic rings. The van der Waals surface area contributed by atoms with Gasteiger partial charge in [-0.15, -0.1) is 11.3 Å². The Bertz CT molecular complexity index is 1030. The summed E-state index contributed by atoms with van der Waals surface area (Å²) in [6, 6.07) is 20.9. The second-order valence-electron chi connectivity index (χ2n) is 5.57. The molecule has 1 aromatic heterocycles. The van der Waals surface area contributed by atoms with Gasteiger partial charge in [0.05, 0.1) is 0 Å². The van der Waals surface area contributed by atoms with Crippen LogP contribution in [0, 0.1) is 6.92 Å². The molecule has 1 heterocycles. The number of rotatable bonds is 3. The van der Waals surface area contributed by atoms with Gasteiger partial charge in [-0.05, 0) is 42.3 Å². The number of para-hydroxylation sites is 1. The molecule has 4 rings (SSSR count). The van der Waals surface area contributed by atoms with Crippen LogP contribution in [0.25, 0.3) is 31.3 Å². The number of hydrogen-bond donors (Lipinski definition) is 1. The molecule has 0 spiro atoms. The van der Waals surface area contributed by atoms with Crippen molar-refractivity contribution < 1.29 is 4.79 Å². The lowest BCUT2D eigenvalue weighted by atomic mass is 9.97. The summed E-state index contributed by atoms with van der Waals surface area (Å²) < 4.78 is 2.58. The molecule has 0 saturated heterocycles. The van der Waals surface area contributed by atoms with Crippen LogP contribution in [0.4, 0.5) is 5.69 Å². The number of amides is 1. The van der Waals surface area contributed by atoms with Gasteiger partial charge in [0.25, 0.3) is 0 Å². The predicted molar refractivity (Wildman–Crippen MR) is 99.2 cm³/mol. The zero-order chi connectivity index (χ0) is 15.8. The minimum absolute atomic E-state index is 0.728. The molecule has 1 amide bonds. The van der Waals surface area contributed by atoms with Crippen LogP contribution in [-0.2, 0) is 4.79 Å². The molecule has 0 aliphatic carbocycles. The Hall–Kier alpha value is -2.65. The lowest BCUT2D eigenvalue weighted by Crippen LogP contribution is -1.96. The number of aryl methyl sites for hydroxylation is 1. The number of hydrogen-bond acceptors (Lipinski definition) is 2. The fourth-order valence-corrected chi connectivity index (χ4v) is 4.20. The van der Waals surface area contributed by atoms with E-state index >= 15 is 0 Å². The minimum Gasteiger partial charge on any atom is -0.328 e. The first-order valence-electron chi connectivity index (χ1n) is 7.49. The van der Waals surface area contributed by atoms with Crippen molar-refractivity contribution in [1.29, 1.82) is 0 Å². The number of carbonyl (C=O) groups excluding carboxylic acids is 1. The van der Waals surface area contributed by atoms with Crippen LogP contribution in [-0.4, -0.2) is 6.41 Å². The van der Waals surface area contributed by atoms with E-state index in [9.17, 15) is 4.79 Å². The summed E-state index contributed by atoms with van der Waals surface area (Å²) in [4.78, 5) is 10.9. The molecule has 112 valence electrons. The molecular formula is C20H15NOS. The molecule has 3 heteroatoms. The van der Waals surface area contributed by atoms with Crippen LogP contribution < -0.4 is 5.32 Å². The lowest BCUT2D eigenvalue weighted by Gasteiger charge is -2.11. The first kappa shape index (κ1) is 14.0. The predicted octanol–water partition coefficient (Wildman–Crippen LogP) is 5.60. The van der Waals surface area contributed by atoms with Crippen molar-refractivity contribution in [2.24, 2.45) is 0 Å². The Morgan fingerprint density at radius 2 is 1.65 bits per heavy atom. The number of carbonyl (C=O) groups is 1. The average molecular weight is 317 g/mol. The number of fused-ring (bicyclic) bond motifs is 3. The fraction of sp³-hybridized carbons (Fsp3) is 0.0500. The zero-order valence-corrected chi connectivity index (χ0v) is 13.5. The summed E-state index contributed by atoms with van der Waals surface area (Å²) in [5.41, 5.74) is 4.26. The monoisotopic (exact) mass is 317 g/mol. The molecule has 23 heavy (non-hydrogen) atoms. The van der Waals surface area contributed by atoms with Crippen molar-refractivity contribution in [3.63, 3.8) is 0 Å². The van der Waals surface area contributed by atoms with E-state index in [1.165, 1.54) is 25.7 Å². The molecular weight excluding hydrogens is 302 g/mol. The van der Waals surface area contributed by atoms with Gasteiger partial charge in [-0.25, -0.2) is 0 Å². The van der Waals surface area contributed by atoms with Crippen LogP contribution in [0.3, 0.4) is 0 Å². The highest BCUT2D eigenvalue weighted by molar-refractivity contribution is 7.25. The summed E-state index contributed by atoms with van der Waals surface area (Å²) in [5.74, 6) is 0. The third-order valence-electron chi connectivity index (χ3n) is 4.16. The third-order valence-corrected chi connectivity index (χ3v) is 5.29. The van der Waals surface area contributed by atoms with Gasteiger partial charge in [0.1, 0.15) is 0 Å². The Kier molecular flexibility index (Phi) is 3.36. The second-order valence-corrected chi connectivity index (χ2v) is 6.65. The smallest absolute Gasteiger partial charge is 0.211 e. The van der Waals surface area contributed by atoms with Crippen molar-refractivity contribution >= 4 is 43.6 Å². The molecule has 2 nitrogen and oxygen atoms in total. The number of nitrogens with one attached hydrogen (secondary N) is 1. The summed E-state index contributed by atoms with van der Waals surface area (Å²) in [5, 5.41) is 5.40. The molecule has 0 saturated carbocycles. The highest BCUT2D eigenvalue weighted by Crippen LogP contribution is 2.39. The highest BCUT2D eigenvalue weighted by atomic mass is 32.1. The number of benzene rings is 3. The standard InChI is InChI=1S/C20H15NOS/c1-13-10-17-15-7-3-5-9-19(15)23-20(17)11-16(13)14-6-2-4-8-18(14)21-12-22/h2-12H,1H3,(H,21,22). The third kappa shape index (κ3) is 2.30. The maximum Gasteiger partial charge on any atom is 0.211 e. The maximum absolute atomic E-state index is 10.9. The topological polar surface area (TPSA) is 29.1 Å². The van der Waals surface area contributed by atoms with Crippen LogP contribution >= 0.6 is 11.3 Å². The summed E-state index contributed by atoms with van der Waals surface area (Å²) in [7, 11) is 0. The van der Waals surface area contributed by atoms with Crippen molar-refractivity contribution in [3.8, 4) is 11.1 Å². The lowest BCUT2D eigenvalue weighted by molar-refractivity contribution is -0.105. The van der Waals surface area contributed by atoms with Gasteiger partial charge >= 0.3 is 0 Å². The minimum atomic E-state index is 0.728. The van der Waals surface area contributed by atoms with E-state index in [1.54, 1.807) is 0 Å². The zero-order valence-electron chi connectivity index (χ0n) is 12.7. The van der Waals surface area contributed by atoms with Crippen LogP contribution in [0.5, 0.6) is 0 Å². The van der Waals surface area contributed by atoms with E-state index in [2.05, 4.69) is 48.6 Å². The van der Waals surface area contributed by atoms with Gasteiger partial charge in [-0.2, -0.15) is 0 Å². The molecule has 0 unspecified atom stereocenters. The van der Waals surface area contributed by atoms with E-state index in [0.717, 1.165) is 23.2 Å². The Morgan fingerprint density at radius 1 is 0.870 bits per heavy atom. The van der Waals surface area contributed by atoms with Gasteiger partial charge in [0.15, 0.2) is 0 Å². The average Bonchev–Trinajstić information content (AvgIpc) is 2.93. The first-order valence-corrected chi connectivity index (χ1v) is 8.31. The molecule has 1 N–H and O–H groups in total. The fourth-order valence-electron chi connectivity index (χ4n) is 3.08. The Morgan fingerprint density at radius 3 is 2.52 bits per heavy atom. The summed E-state index contributed by atoms with van der Waals surface area (Å²) in [6.07, 6.45) is 0.728. The van der Waals surface area contributed by atoms with E-state index in [4.69, 9.17) is 0 Å². The number of anilines is 1. The molecule has 3 aromatic carbocycles. The quantitative estimate of drug-likeness (QED) is 0.490. The highest BCUT2D eigenvalue weighted by Gasteiger charge is 2.11. The molecule has 0 radical (unpaired) electrons. The normalized spacial score (nSPS) is 11.0.